The van der Waals surface area contributed by atoms with Gasteiger partial charge in [0.2, 0.25) is 0 Å². The Labute approximate surface area is 335 Å². The molecule has 0 aliphatic heterocycles. The molecular formula is C54H36N2S. The normalized spacial score (nSPS) is 11.5. The summed E-state index contributed by atoms with van der Waals surface area (Å²) in [6.07, 6.45) is 0. The summed E-state index contributed by atoms with van der Waals surface area (Å²) in [5, 5.41) is 5.08. The first-order chi connectivity index (χ1) is 28.3. The van der Waals surface area contributed by atoms with Gasteiger partial charge in [-0.05, 0) is 94.5 Å². The van der Waals surface area contributed by atoms with Crippen molar-refractivity contribution in [2.75, 3.05) is 4.90 Å². The highest BCUT2D eigenvalue weighted by Gasteiger charge is 2.21. The van der Waals surface area contributed by atoms with Crippen LogP contribution in [-0.4, -0.2) is 4.57 Å². The highest BCUT2D eigenvalue weighted by Crippen LogP contribution is 2.47. The second-order valence-electron chi connectivity index (χ2n) is 14.5. The molecule has 9 aromatic carbocycles. The van der Waals surface area contributed by atoms with Crippen LogP contribution < -0.4 is 4.90 Å². The van der Waals surface area contributed by atoms with Gasteiger partial charge in [0.05, 0.1) is 16.7 Å². The molecule has 0 bridgehead atoms. The lowest BCUT2D eigenvalue weighted by atomic mass is 9.88. The predicted octanol–water partition coefficient (Wildman–Crippen LogP) is 15.6. The van der Waals surface area contributed by atoms with Crippen molar-refractivity contribution >= 4 is 70.4 Å². The highest BCUT2D eigenvalue weighted by molar-refractivity contribution is 7.25. The van der Waals surface area contributed by atoms with E-state index in [0.717, 1.165) is 28.3 Å². The summed E-state index contributed by atoms with van der Waals surface area (Å²) < 4.78 is 4.98. The van der Waals surface area contributed by atoms with Gasteiger partial charge < -0.3 is 9.47 Å². The molecule has 0 amide bonds. The van der Waals surface area contributed by atoms with E-state index in [1.807, 2.05) is 11.3 Å². The van der Waals surface area contributed by atoms with Gasteiger partial charge in [0.15, 0.2) is 0 Å². The van der Waals surface area contributed by atoms with Crippen molar-refractivity contribution in [1.29, 1.82) is 0 Å². The van der Waals surface area contributed by atoms with Crippen molar-refractivity contribution in [2.45, 2.75) is 0 Å². The van der Waals surface area contributed by atoms with Crippen molar-refractivity contribution < 1.29 is 0 Å². The van der Waals surface area contributed by atoms with Crippen LogP contribution in [0.2, 0.25) is 0 Å². The van der Waals surface area contributed by atoms with Crippen LogP contribution in [0.25, 0.3) is 81.0 Å². The molecule has 0 fully saturated rings. The minimum atomic E-state index is 1.09. The molecule has 0 saturated carbocycles. The molecule has 0 saturated heterocycles. The second kappa shape index (κ2) is 13.8. The van der Waals surface area contributed by atoms with E-state index in [1.54, 1.807) is 0 Å². The summed E-state index contributed by atoms with van der Waals surface area (Å²) in [4.78, 5) is 2.44. The van der Waals surface area contributed by atoms with Crippen LogP contribution in [0.15, 0.2) is 218 Å². The van der Waals surface area contributed by atoms with Crippen molar-refractivity contribution in [3.8, 4) is 39.1 Å². The summed E-state index contributed by atoms with van der Waals surface area (Å²) in [7, 11) is 0. The summed E-state index contributed by atoms with van der Waals surface area (Å²) >= 11 is 1.85. The number of para-hydroxylation sites is 3. The lowest BCUT2D eigenvalue weighted by Crippen LogP contribution is -2.11. The Morgan fingerprint density at radius 1 is 0.333 bits per heavy atom. The van der Waals surface area contributed by atoms with Gasteiger partial charge in [-0.3, -0.25) is 0 Å². The second-order valence-corrected chi connectivity index (χ2v) is 15.6. The van der Waals surface area contributed by atoms with Crippen LogP contribution in [0.3, 0.4) is 0 Å². The van der Waals surface area contributed by atoms with Crippen molar-refractivity contribution in [3.63, 3.8) is 0 Å². The number of hydrogen-bond acceptors (Lipinski definition) is 2. The number of anilines is 3. The molecule has 2 heterocycles. The Bertz CT molecular complexity index is 3190. The Morgan fingerprint density at radius 2 is 0.825 bits per heavy atom. The lowest BCUT2D eigenvalue weighted by molar-refractivity contribution is 1.17. The number of thiophene rings is 1. The van der Waals surface area contributed by atoms with Crippen LogP contribution in [0, 0.1) is 0 Å². The third kappa shape index (κ3) is 5.63. The number of fused-ring (bicyclic) bond motifs is 6. The molecule has 11 rings (SSSR count). The number of nitrogens with zero attached hydrogens (tertiary/aromatic N) is 2. The molecule has 0 N–H and O–H groups in total. The molecule has 11 aromatic rings. The van der Waals surface area contributed by atoms with Gasteiger partial charge in [-0.15, -0.1) is 11.3 Å². The maximum atomic E-state index is 2.44. The predicted molar refractivity (Wildman–Crippen MR) is 245 cm³/mol. The first kappa shape index (κ1) is 33.2. The molecule has 0 radical (unpaired) electrons. The molecule has 3 heteroatoms. The van der Waals surface area contributed by atoms with E-state index in [-0.39, 0.29) is 0 Å². The smallest absolute Gasteiger partial charge is 0.0541 e. The van der Waals surface area contributed by atoms with Crippen LogP contribution in [-0.2, 0) is 0 Å². The minimum absolute atomic E-state index is 1.09. The van der Waals surface area contributed by atoms with Gasteiger partial charge in [-0.25, -0.2) is 0 Å². The van der Waals surface area contributed by atoms with Crippen molar-refractivity contribution in [3.05, 3.63) is 218 Å². The Balaban J connectivity index is 1.12. The maximum absolute atomic E-state index is 2.44. The molecule has 0 unspecified atom stereocenters. The molecule has 0 atom stereocenters. The number of rotatable bonds is 7. The monoisotopic (exact) mass is 744 g/mol. The van der Waals surface area contributed by atoms with E-state index < -0.39 is 0 Å². The zero-order chi connectivity index (χ0) is 37.7. The van der Waals surface area contributed by atoms with E-state index in [1.165, 1.54) is 69.8 Å². The molecule has 2 nitrogen and oxygen atoms in total. The molecule has 2 aromatic heterocycles. The molecule has 57 heavy (non-hydrogen) atoms. The third-order valence-corrected chi connectivity index (χ3v) is 12.4. The SMILES string of the molecule is c1ccc(-c2ccccc2-c2ccccc2-c2ccccc2N(c2ccc(-n3c4ccccc4c4ccccc43)cc2)c2ccc3sc4ccccc4c3c2)cc1. The van der Waals surface area contributed by atoms with E-state index in [2.05, 4.69) is 228 Å². The average Bonchev–Trinajstić information content (AvgIpc) is 3.83. The summed E-state index contributed by atoms with van der Waals surface area (Å²) in [6.45, 7) is 0. The van der Waals surface area contributed by atoms with Crippen LogP contribution in [0.5, 0.6) is 0 Å². The quantitative estimate of drug-likeness (QED) is 0.158. The Hall–Kier alpha value is -7.20. The lowest BCUT2D eigenvalue weighted by Gasteiger charge is -2.29. The fourth-order valence-corrected chi connectivity index (χ4v) is 9.75. The van der Waals surface area contributed by atoms with Gasteiger partial charge >= 0.3 is 0 Å². The fraction of sp³-hybridized carbons (Fsp3) is 0. The average molecular weight is 745 g/mol. The van der Waals surface area contributed by atoms with Gasteiger partial charge in [0.1, 0.15) is 0 Å². The molecular weight excluding hydrogens is 709 g/mol. The van der Waals surface area contributed by atoms with Gasteiger partial charge in [-0.1, -0.05) is 152 Å². The molecule has 268 valence electrons. The van der Waals surface area contributed by atoms with E-state index >= 15 is 0 Å². The molecule has 0 aliphatic carbocycles. The van der Waals surface area contributed by atoms with E-state index in [4.69, 9.17) is 0 Å². The third-order valence-electron chi connectivity index (χ3n) is 11.2. The van der Waals surface area contributed by atoms with E-state index in [0.29, 0.717) is 0 Å². The first-order valence-corrected chi connectivity index (χ1v) is 20.3. The highest BCUT2D eigenvalue weighted by atomic mass is 32.1. The largest absolute Gasteiger partial charge is 0.310 e. The number of benzene rings is 9. The molecule has 0 aliphatic rings. The summed E-state index contributed by atoms with van der Waals surface area (Å²) in [6, 6.07) is 79.4. The van der Waals surface area contributed by atoms with Crippen LogP contribution in [0.4, 0.5) is 17.1 Å². The van der Waals surface area contributed by atoms with Gasteiger partial charge in [-0.2, -0.15) is 0 Å². The minimum Gasteiger partial charge on any atom is -0.310 e. The van der Waals surface area contributed by atoms with Crippen LogP contribution >= 0.6 is 11.3 Å². The molecule has 0 spiro atoms. The van der Waals surface area contributed by atoms with E-state index in [9.17, 15) is 0 Å². The maximum Gasteiger partial charge on any atom is 0.0541 e. The Kier molecular flexibility index (Phi) is 8.04. The number of aromatic nitrogens is 1. The standard InChI is InChI=1S/C54H36N2S/c1-2-16-37(17-3-1)41-18-4-5-19-42(41)43-20-6-7-21-44(43)45-22-8-12-26-50(45)55(40-34-35-54-49(36-40)48-25-11-15-29-53(48)57-54)38-30-32-39(33-31-38)56-51-27-13-9-23-46(51)47-24-10-14-28-52(47)56/h1-36H. The Morgan fingerprint density at radius 3 is 1.53 bits per heavy atom. The van der Waals surface area contributed by atoms with Gasteiger partial charge in [0, 0.05) is 53.6 Å². The fourth-order valence-electron chi connectivity index (χ4n) is 8.67. The van der Waals surface area contributed by atoms with Crippen LogP contribution in [0.1, 0.15) is 0 Å². The zero-order valence-electron chi connectivity index (χ0n) is 31.1. The van der Waals surface area contributed by atoms with Crippen molar-refractivity contribution in [1.82, 2.24) is 4.57 Å². The zero-order valence-corrected chi connectivity index (χ0v) is 31.9. The topological polar surface area (TPSA) is 8.17 Å². The first-order valence-electron chi connectivity index (χ1n) is 19.4. The summed E-state index contributed by atoms with van der Waals surface area (Å²) in [5.74, 6) is 0. The van der Waals surface area contributed by atoms with Gasteiger partial charge in [0.25, 0.3) is 0 Å². The number of hydrogen-bond donors (Lipinski definition) is 0. The van der Waals surface area contributed by atoms with Crippen molar-refractivity contribution in [2.24, 2.45) is 0 Å². The summed E-state index contributed by atoms with van der Waals surface area (Å²) in [5.41, 5.74) is 14.0.